The zero-order valence-corrected chi connectivity index (χ0v) is 16.2. The van der Waals surface area contributed by atoms with Gasteiger partial charge in [-0.15, -0.1) is 0 Å². The quantitative estimate of drug-likeness (QED) is 0.529. The minimum absolute atomic E-state index is 0.163. The van der Waals surface area contributed by atoms with Gasteiger partial charge in [-0.3, -0.25) is 4.79 Å². The number of aliphatic hydroxyl groups excluding tert-OH is 1. The number of hydrogen-bond donors (Lipinski definition) is 2. The fourth-order valence-electron chi connectivity index (χ4n) is 3.47. The van der Waals surface area contributed by atoms with E-state index < -0.39 is 12.1 Å². The highest BCUT2D eigenvalue weighted by atomic mass is 35.5. The number of carbonyl (C=O) groups excluding carboxylic acids is 1. The first kappa shape index (κ1) is 21.7. The molecule has 2 atom stereocenters. The second-order valence-electron chi connectivity index (χ2n) is 7.00. The number of carboxylic acid groups (broad SMARTS) is 1. The maximum atomic E-state index is 12.1. The van der Waals surface area contributed by atoms with Crippen molar-refractivity contribution in [2.24, 2.45) is 0 Å². The molecule has 0 aromatic heterocycles. The second kappa shape index (κ2) is 11.3. The number of ether oxygens (including phenoxy) is 1. The highest BCUT2D eigenvalue weighted by Gasteiger charge is 2.30. The molecule has 0 radical (unpaired) electrons. The molecule has 1 aliphatic rings. The molecule has 1 unspecified atom stereocenters. The van der Waals surface area contributed by atoms with E-state index in [1.54, 1.807) is 0 Å². The Morgan fingerprint density at radius 1 is 1.37 bits per heavy atom. The van der Waals surface area contributed by atoms with Gasteiger partial charge in [0.2, 0.25) is 5.91 Å². The monoisotopic (exact) mass is 397 g/mol. The summed E-state index contributed by atoms with van der Waals surface area (Å²) >= 11 is 5.98. The average molecular weight is 398 g/mol. The summed E-state index contributed by atoms with van der Waals surface area (Å²) in [5.74, 6) is -0.808. The van der Waals surface area contributed by atoms with Crippen LogP contribution in [-0.2, 0) is 20.7 Å². The minimum atomic E-state index is -0.971. The van der Waals surface area contributed by atoms with Gasteiger partial charge in [-0.1, -0.05) is 23.7 Å². The van der Waals surface area contributed by atoms with Crippen molar-refractivity contribution in [2.75, 3.05) is 19.8 Å². The molecule has 6 nitrogen and oxygen atoms in total. The smallest absolute Gasteiger partial charge is 0.329 e. The molecule has 0 spiro atoms. The molecule has 150 valence electrons. The number of aliphatic hydroxyl groups is 1. The maximum Gasteiger partial charge on any atom is 0.329 e. The van der Waals surface area contributed by atoms with Crippen molar-refractivity contribution >= 4 is 23.5 Å². The fourth-order valence-corrected chi connectivity index (χ4v) is 3.68. The molecule has 1 fully saturated rings. The number of benzene rings is 1. The molecule has 0 saturated carbocycles. The average Bonchev–Trinajstić information content (AvgIpc) is 2.96. The van der Waals surface area contributed by atoms with Crippen LogP contribution in [0, 0.1) is 0 Å². The van der Waals surface area contributed by atoms with Crippen LogP contribution in [0.5, 0.6) is 0 Å². The number of nitrogens with zero attached hydrogens (tertiary/aromatic N) is 1. The van der Waals surface area contributed by atoms with E-state index in [1.807, 2.05) is 29.2 Å². The first-order valence-corrected chi connectivity index (χ1v) is 9.85. The van der Waals surface area contributed by atoms with Crippen molar-refractivity contribution in [1.29, 1.82) is 0 Å². The molecule has 1 aromatic carbocycles. The molecule has 1 aliphatic heterocycles. The number of rotatable bonds is 12. The summed E-state index contributed by atoms with van der Waals surface area (Å²) in [5, 5.41) is 19.5. The zero-order valence-electron chi connectivity index (χ0n) is 15.5. The van der Waals surface area contributed by atoms with Crippen LogP contribution in [0.25, 0.3) is 0 Å². The normalized spacial score (nSPS) is 18.1. The lowest BCUT2D eigenvalue weighted by atomic mass is 10.0. The van der Waals surface area contributed by atoms with Crippen LogP contribution in [0.4, 0.5) is 0 Å². The van der Waals surface area contributed by atoms with Crippen molar-refractivity contribution < 1.29 is 24.5 Å². The largest absolute Gasteiger partial charge is 0.480 e. The molecular weight excluding hydrogens is 370 g/mol. The van der Waals surface area contributed by atoms with Gasteiger partial charge in [0.1, 0.15) is 6.61 Å². The number of aliphatic carboxylic acids is 1. The maximum absolute atomic E-state index is 12.1. The van der Waals surface area contributed by atoms with E-state index in [2.05, 4.69) is 0 Å². The van der Waals surface area contributed by atoms with Crippen molar-refractivity contribution in [2.45, 2.75) is 57.1 Å². The lowest BCUT2D eigenvalue weighted by molar-refractivity contribution is -0.142. The lowest BCUT2D eigenvalue weighted by Crippen LogP contribution is -2.34. The predicted molar refractivity (Wildman–Crippen MR) is 103 cm³/mol. The number of amides is 1. The summed E-state index contributed by atoms with van der Waals surface area (Å²) < 4.78 is 5.01. The van der Waals surface area contributed by atoms with E-state index in [-0.39, 0.29) is 18.6 Å². The first-order chi connectivity index (χ1) is 13.0. The summed E-state index contributed by atoms with van der Waals surface area (Å²) in [4.78, 5) is 24.4. The lowest BCUT2D eigenvalue weighted by Gasteiger charge is -2.25. The predicted octanol–water partition coefficient (Wildman–Crippen LogP) is 2.90. The van der Waals surface area contributed by atoms with E-state index in [0.717, 1.165) is 31.2 Å². The molecule has 1 amide bonds. The highest BCUT2D eigenvalue weighted by molar-refractivity contribution is 6.30. The summed E-state index contributed by atoms with van der Waals surface area (Å²) in [6.45, 7) is 0.761. The number of likely N-dealkylation sites (tertiary alicyclic amines) is 1. The van der Waals surface area contributed by atoms with Crippen LogP contribution >= 0.6 is 11.6 Å². The van der Waals surface area contributed by atoms with Crippen molar-refractivity contribution in [1.82, 2.24) is 4.90 Å². The number of carbonyl (C=O) groups is 2. The van der Waals surface area contributed by atoms with Crippen LogP contribution in [0.15, 0.2) is 24.3 Å². The molecule has 1 aromatic rings. The van der Waals surface area contributed by atoms with Crippen molar-refractivity contribution in [3.8, 4) is 0 Å². The van der Waals surface area contributed by atoms with Crippen molar-refractivity contribution in [3.63, 3.8) is 0 Å². The highest BCUT2D eigenvalue weighted by Crippen LogP contribution is 2.24. The number of hydrogen-bond acceptors (Lipinski definition) is 4. The SMILES string of the molecule is O=C(O)COCCCCN1C(=O)CCC1CC[C@@H](O)Cc1cccc(Cl)c1. The van der Waals surface area contributed by atoms with Gasteiger partial charge in [-0.05, 0) is 56.2 Å². The van der Waals surface area contributed by atoms with Crippen molar-refractivity contribution in [3.05, 3.63) is 34.9 Å². The number of halogens is 1. The van der Waals surface area contributed by atoms with E-state index in [1.165, 1.54) is 0 Å². The van der Waals surface area contributed by atoms with Gasteiger partial charge >= 0.3 is 5.97 Å². The van der Waals surface area contributed by atoms with E-state index in [4.69, 9.17) is 21.4 Å². The number of carboxylic acids is 1. The van der Waals surface area contributed by atoms with Crippen LogP contribution in [0.3, 0.4) is 0 Å². The molecule has 0 bridgehead atoms. The van der Waals surface area contributed by atoms with Gasteiger partial charge in [0.25, 0.3) is 0 Å². The van der Waals surface area contributed by atoms with Crippen LogP contribution in [-0.4, -0.2) is 58.9 Å². The molecular formula is C20H28ClNO5. The Hall–Kier alpha value is -1.63. The van der Waals surface area contributed by atoms with Gasteiger partial charge in [0, 0.05) is 30.6 Å². The molecule has 0 aliphatic carbocycles. The molecule has 1 saturated heterocycles. The Balaban J connectivity index is 1.69. The summed E-state index contributed by atoms with van der Waals surface area (Å²) in [6, 6.07) is 7.68. The van der Waals surface area contributed by atoms with E-state index in [0.29, 0.717) is 37.4 Å². The molecule has 2 N–H and O–H groups in total. The van der Waals surface area contributed by atoms with E-state index in [9.17, 15) is 14.7 Å². The van der Waals surface area contributed by atoms with Crippen LogP contribution in [0.2, 0.25) is 5.02 Å². The third kappa shape index (κ3) is 7.87. The Morgan fingerprint density at radius 2 is 2.19 bits per heavy atom. The Labute approximate surface area is 165 Å². The summed E-state index contributed by atoms with van der Waals surface area (Å²) in [6.07, 6.45) is 4.43. The third-order valence-electron chi connectivity index (χ3n) is 4.81. The molecule has 1 heterocycles. The zero-order chi connectivity index (χ0) is 19.6. The summed E-state index contributed by atoms with van der Waals surface area (Å²) in [5.41, 5.74) is 1.01. The standard InChI is InChI=1S/C20H28ClNO5/c21-16-5-3-4-15(12-16)13-18(23)8-6-17-7-9-19(24)22(17)10-1-2-11-27-14-20(25)26/h3-5,12,17-18,23H,1-2,6-11,13-14H2,(H,25,26)/t17?,18-/m1/s1. The fraction of sp³-hybridized carbons (Fsp3) is 0.600. The molecule has 7 heteroatoms. The molecule has 2 rings (SSSR count). The van der Waals surface area contributed by atoms with Gasteiger partial charge < -0.3 is 19.8 Å². The Bertz CT molecular complexity index is 624. The topological polar surface area (TPSA) is 87.1 Å². The Morgan fingerprint density at radius 3 is 2.93 bits per heavy atom. The summed E-state index contributed by atoms with van der Waals surface area (Å²) in [7, 11) is 0. The van der Waals surface area contributed by atoms with Gasteiger partial charge in [-0.2, -0.15) is 0 Å². The first-order valence-electron chi connectivity index (χ1n) is 9.47. The van der Waals surface area contributed by atoms with Gasteiger partial charge in [0.15, 0.2) is 0 Å². The Kier molecular flexibility index (Phi) is 9.04. The third-order valence-corrected chi connectivity index (χ3v) is 5.04. The van der Waals surface area contributed by atoms with Crippen LogP contribution < -0.4 is 0 Å². The van der Waals surface area contributed by atoms with Gasteiger partial charge in [0.05, 0.1) is 6.10 Å². The van der Waals surface area contributed by atoms with Gasteiger partial charge in [-0.25, -0.2) is 4.79 Å². The minimum Gasteiger partial charge on any atom is -0.480 e. The van der Waals surface area contributed by atoms with E-state index >= 15 is 0 Å². The molecule has 27 heavy (non-hydrogen) atoms. The van der Waals surface area contributed by atoms with Crippen LogP contribution in [0.1, 0.15) is 44.1 Å². The number of unbranched alkanes of at least 4 members (excludes halogenated alkanes) is 1. The second-order valence-corrected chi connectivity index (χ2v) is 7.43.